The summed E-state index contributed by atoms with van der Waals surface area (Å²) in [6, 6.07) is 12.6. The number of carbonyl (C=O) groups excluding carboxylic acids is 1. The lowest BCUT2D eigenvalue weighted by Gasteiger charge is -2.27. The number of amidine groups is 1. The van der Waals surface area contributed by atoms with Crippen molar-refractivity contribution in [2.75, 3.05) is 34.6 Å². The highest BCUT2D eigenvalue weighted by Crippen LogP contribution is 2.39. The summed E-state index contributed by atoms with van der Waals surface area (Å²) in [5.74, 6) is 0.746. The number of thioether (sulfide) groups is 1. The Balaban J connectivity index is 1.54. The first-order valence-electron chi connectivity index (χ1n) is 9.98. The Hall–Kier alpha value is -2.52. The molecule has 2 aromatic carbocycles. The number of methoxy groups -OCH3 is 1. The molecule has 0 aliphatic carbocycles. The average molecular weight is 460 g/mol. The zero-order valence-corrected chi connectivity index (χ0v) is 19.3. The van der Waals surface area contributed by atoms with Crippen molar-refractivity contribution in [3.8, 4) is 5.75 Å². The van der Waals surface area contributed by atoms with E-state index in [2.05, 4.69) is 10.3 Å². The molecule has 4 rings (SSSR count). The molecule has 0 saturated carbocycles. The largest absolute Gasteiger partial charge is 0.495 e. The Morgan fingerprint density at radius 3 is 2.74 bits per heavy atom. The number of nitrogens with zero attached hydrogens (tertiary/aromatic N) is 2. The van der Waals surface area contributed by atoms with Crippen molar-refractivity contribution in [2.45, 2.75) is 25.9 Å². The molecule has 0 radical (unpaired) electrons. The summed E-state index contributed by atoms with van der Waals surface area (Å²) in [6.45, 7) is 3.98. The van der Waals surface area contributed by atoms with E-state index in [1.54, 1.807) is 7.11 Å². The van der Waals surface area contributed by atoms with Crippen LogP contribution in [0.1, 0.15) is 11.1 Å². The second kappa shape index (κ2) is 8.55. The fourth-order valence-electron chi connectivity index (χ4n) is 3.95. The van der Waals surface area contributed by atoms with E-state index in [1.807, 2.05) is 61.2 Å². The number of sulfone groups is 1. The number of aliphatic imine (C=N–C) groups is 1. The fourth-order valence-corrected chi connectivity index (χ4v) is 6.71. The zero-order chi connectivity index (χ0) is 22.2. The van der Waals surface area contributed by atoms with Gasteiger partial charge >= 0.3 is 0 Å². The van der Waals surface area contributed by atoms with Crippen molar-refractivity contribution in [1.82, 2.24) is 0 Å². The average Bonchev–Trinajstić information content (AvgIpc) is 3.20. The van der Waals surface area contributed by atoms with Crippen LogP contribution in [0.4, 0.5) is 11.4 Å². The van der Waals surface area contributed by atoms with Gasteiger partial charge in [0.1, 0.15) is 5.75 Å². The molecule has 2 heterocycles. The molecule has 7 nitrogen and oxygen atoms in total. The molecular formula is C22H25N3O4S2. The number of fused-ring (bicyclic) bond motifs is 1. The first kappa shape index (κ1) is 21.7. The number of carbonyl (C=O) groups is 1. The molecule has 164 valence electrons. The van der Waals surface area contributed by atoms with Gasteiger partial charge in [0.2, 0.25) is 5.91 Å². The number of aryl methyl sites for hydroxylation is 1. The SMILES string of the molecule is COc1ccccc1N1C(SCC(=O)Nc2cccc(C)c2C)=N[C@H]2CS(=O)(=O)C[C@@H]21. The van der Waals surface area contributed by atoms with Crippen LogP contribution >= 0.6 is 11.8 Å². The van der Waals surface area contributed by atoms with Crippen molar-refractivity contribution >= 4 is 44.0 Å². The molecular weight excluding hydrogens is 434 g/mol. The van der Waals surface area contributed by atoms with Crippen LogP contribution in [0.25, 0.3) is 0 Å². The molecule has 9 heteroatoms. The van der Waals surface area contributed by atoms with Crippen LogP contribution < -0.4 is 15.0 Å². The summed E-state index contributed by atoms with van der Waals surface area (Å²) in [5.41, 5.74) is 3.70. The number of benzene rings is 2. The van der Waals surface area contributed by atoms with Gasteiger partial charge in [-0.2, -0.15) is 0 Å². The van der Waals surface area contributed by atoms with Crippen LogP contribution in [0.3, 0.4) is 0 Å². The van der Waals surface area contributed by atoms with E-state index < -0.39 is 9.84 Å². The first-order chi connectivity index (χ1) is 14.8. The lowest BCUT2D eigenvalue weighted by Crippen LogP contribution is -2.39. The van der Waals surface area contributed by atoms with E-state index >= 15 is 0 Å². The predicted octanol–water partition coefficient (Wildman–Crippen LogP) is 3.03. The van der Waals surface area contributed by atoms with Gasteiger partial charge in [0.05, 0.1) is 42.1 Å². The summed E-state index contributed by atoms with van der Waals surface area (Å²) >= 11 is 1.31. The fraction of sp³-hybridized carbons (Fsp3) is 0.364. The maximum Gasteiger partial charge on any atom is 0.234 e. The summed E-state index contributed by atoms with van der Waals surface area (Å²) in [7, 11) is -1.57. The van der Waals surface area contributed by atoms with Gasteiger partial charge in [-0.25, -0.2) is 8.42 Å². The Labute approximate surface area is 186 Å². The maximum atomic E-state index is 12.6. The summed E-state index contributed by atoms with van der Waals surface area (Å²) in [5, 5.41) is 3.61. The predicted molar refractivity (Wildman–Crippen MR) is 126 cm³/mol. The molecule has 31 heavy (non-hydrogen) atoms. The minimum atomic E-state index is -3.15. The van der Waals surface area contributed by atoms with Crippen LogP contribution in [0, 0.1) is 13.8 Å². The number of anilines is 2. The van der Waals surface area contributed by atoms with Crippen molar-refractivity contribution in [3.63, 3.8) is 0 Å². The standard InChI is InChI=1S/C22H25N3O4S2/c1-14-7-6-8-16(15(14)2)23-21(26)11-30-22-24-17-12-31(27,28)13-19(17)25(22)18-9-4-5-10-20(18)29-3/h4-10,17,19H,11-13H2,1-3H3,(H,23,26)/t17-,19-/m0/s1. The molecule has 0 spiro atoms. The van der Waals surface area contributed by atoms with Crippen LogP contribution in [0.15, 0.2) is 47.5 Å². The lowest BCUT2D eigenvalue weighted by atomic mass is 10.1. The number of hydrogen-bond donors (Lipinski definition) is 1. The van der Waals surface area contributed by atoms with Gasteiger partial charge in [0.25, 0.3) is 0 Å². The highest BCUT2D eigenvalue weighted by Gasteiger charge is 2.47. The third-order valence-electron chi connectivity index (χ3n) is 5.66. The Morgan fingerprint density at radius 1 is 1.19 bits per heavy atom. The van der Waals surface area contributed by atoms with Crippen LogP contribution in [0.2, 0.25) is 0 Å². The van der Waals surface area contributed by atoms with Crippen LogP contribution in [0.5, 0.6) is 5.75 Å². The molecule has 0 aromatic heterocycles. The van der Waals surface area contributed by atoms with Gasteiger partial charge in [-0.15, -0.1) is 0 Å². The van der Waals surface area contributed by atoms with Crippen LogP contribution in [-0.2, 0) is 14.6 Å². The number of rotatable bonds is 5. The summed E-state index contributed by atoms with van der Waals surface area (Å²) < 4.78 is 29.9. The molecule has 0 bridgehead atoms. The van der Waals surface area contributed by atoms with Gasteiger partial charge < -0.3 is 15.0 Å². The highest BCUT2D eigenvalue weighted by atomic mass is 32.2. The molecule has 2 aliphatic heterocycles. The van der Waals surface area contributed by atoms with E-state index in [4.69, 9.17) is 4.74 Å². The molecule has 1 amide bonds. The smallest absolute Gasteiger partial charge is 0.234 e. The number of para-hydroxylation sites is 2. The molecule has 2 aliphatic rings. The quantitative estimate of drug-likeness (QED) is 0.740. The van der Waals surface area contributed by atoms with Crippen molar-refractivity contribution in [1.29, 1.82) is 0 Å². The minimum absolute atomic E-state index is 0.0298. The molecule has 2 aromatic rings. The summed E-state index contributed by atoms with van der Waals surface area (Å²) in [6.07, 6.45) is 0. The molecule has 0 unspecified atom stereocenters. The minimum Gasteiger partial charge on any atom is -0.495 e. The third kappa shape index (κ3) is 4.43. The number of amides is 1. The molecule has 1 N–H and O–H groups in total. The van der Waals surface area contributed by atoms with Crippen molar-refractivity contribution in [2.24, 2.45) is 4.99 Å². The molecule has 1 fully saturated rings. The number of ether oxygens (including phenoxy) is 1. The maximum absolute atomic E-state index is 12.6. The van der Waals surface area contributed by atoms with Crippen molar-refractivity contribution < 1.29 is 17.9 Å². The monoisotopic (exact) mass is 459 g/mol. The first-order valence-corrected chi connectivity index (χ1v) is 12.8. The Kier molecular flexibility index (Phi) is 5.98. The highest BCUT2D eigenvalue weighted by molar-refractivity contribution is 8.14. The van der Waals surface area contributed by atoms with E-state index in [0.29, 0.717) is 10.9 Å². The van der Waals surface area contributed by atoms with Gasteiger partial charge in [-0.1, -0.05) is 36.0 Å². The van der Waals surface area contributed by atoms with E-state index in [0.717, 1.165) is 22.5 Å². The zero-order valence-electron chi connectivity index (χ0n) is 17.7. The number of hydrogen-bond acceptors (Lipinski definition) is 7. The topological polar surface area (TPSA) is 88.1 Å². The molecule has 2 atom stereocenters. The van der Waals surface area contributed by atoms with Gasteiger partial charge in [-0.3, -0.25) is 9.79 Å². The second-order valence-electron chi connectivity index (χ2n) is 7.75. The van der Waals surface area contributed by atoms with Crippen molar-refractivity contribution in [3.05, 3.63) is 53.6 Å². The molecule has 1 saturated heterocycles. The Morgan fingerprint density at radius 2 is 1.97 bits per heavy atom. The lowest BCUT2D eigenvalue weighted by molar-refractivity contribution is -0.113. The van der Waals surface area contributed by atoms with E-state index in [-0.39, 0.29) is 35.2 Å². The third-order valence-corrected chi connectivity index (χ3v) is 8.33. The normalized spacial score (nSPS) is 21.5. The second-order valence-corrected chi connectivity index (χ2v) is 10.8. The van der Waals surface area contributed by atoms with Crippen LogP contribution in [-0.4, -0.2) is 55.9 Å². The van der Waals surface area contributed by atoms with E-state index in [9.17, 15) is 13.2 Å². The van der Waals surface area contributed by atoms with Gasteiger partial charge in [-0.05, 0) is 43.2 Å². The van der Waals surface area contributed by atoms with Gasteiger partial charge in [0.15, 0.2) is 15.0 Å². The van der Waals surface area contributed by atoms with E-state index in [1.165, 1.54) is 11.8 Å². The Bertz CT molecular complexity index is 1150. The number of nitrogens with one attached hydrogen (secondary N) is 1. The van der Waals surface area contributed by atoms with Gasteiger partial charge in [0, 0.05) is 5.69 Å². The summed E-state index contributed by atoms with van der Waals surface area (Å²) in [4.78, 5) is 19.2.